The van der Waals surface area contributed by atoms with Crippen molar-refractivity contribution in [2.45, 2.75) is 26.4 Å². The molecule has 0 spiro atoms. The lowest BCUT2D eigenvalue weighted by Crippen LogP contribution is -2.52. The molecule has 0 aromatic carbocycles. The maximum atomic E-state index is 4.66. The van der Waals surface area contributed by atoms with Crippen molar-refractivity contribution in [1.29, 1.82) is 0 Å². The van der Waals surface area contributed by atoms with E-state index in [1.807, 2.05) is 0 Å². The highest BCUT2D eigenvalue weighted by Crippen LogP contribution is 2.07. The Labute approximate surface area is 138 Å². The normalized spacial score (nSPS) is 19.1. The molecular formula is C16H29N5S. The predicted molar refractivity (Wildman–Crippen MR) is 95.7 cm³/mol. The van der Waals surface area contributed by atoms with E-state index in [1.54, 1.807) is 11.3 Å². The summed E-state index contributed by atoms with van der Waals surface area (Å²) in [5.41, 5.74) is 1.27. The van der Waals surface area contributed by atoms with Crippen molar-refractivity contribution in [3.63, 3.8) is 0 Å². The Morgan fingerprint density at radius 1 is 1.32 bits per heavy atom. The molecule has 1 aliphatic rings. The molecule has 6 heteroatoms. The third-order valence-electron chi connectivity index (χ3n) is 4.07. The average Bonchev–Trinajstić information content (AvgIpc) is 3.04. The molecule has 2 N–H and O–H groups in total. The number of guanidine groups is 1. The van der Waals surface area contributed by atoms with Gasteiger partial charge < -0.3 is 15.5 Å². The smallest absolute Gasteiger partial charge is 0.191 e. The van der Waals surface area contributed by atoms with Crippen LogP contribution in [-0.2, 0) is 6.54 Å². The Bertz CT molecular complexity index is 437. The van der Waals surface area contributed by atoms with E-state index in [0.29, 0.717) is 6.04 Å². The van der Waals surface area contributed by atoms with Gasteiger partial charge in [0.25, 0.3) is 0 Å². The van der Waals surface area contributed by atoms with Gasteiger partial charge in [-0.15, -0.1) is 0 Å². The molecule has 22 heavy (non-hydrogen) atoms. The summed E-state index contributed by atoms with van der Waals surface area (Å²) in [7, 11) is 2.20. The first-order chi connectivity index (χ1) is 10.7. The lowest BCUT2D eigenvalue weighted by Gasteiger charge is -2.36. The molecule has 1 fully saturated rings. The fraction of sp³-hybridized carbons (Fsp3) is 0.688. The van der Waals surface area contributed by atoms with E-state index < -0.39 is 0 Å². The maximum absolute atomic E-state index is 4.66. The molecule has 0 radical (unpaired) electrons. The number of piperazine rings is 1. The summed E-state index contributed by atoms with van der Waals surface area (Å²) >= 11 is 1.72. The zero-order valence-electron chi connectivity index (χ0n) is 14.0. The van der Waals surface area contributed by atoms with Gasteiger partial charge in [0, 0.05) is 45.3 Å². The third-order valence-corrected chi connectivity index (χ3v) is 4.80. The molecule has 124 valence electrons. The molecule has 2 rings (SSSR count). The minimum atomic E-state index is 0.527. The van der Waals surface area contributed by atoms with Crippen molar-refractivity contribution >= 4 is 17.3 Å². The summed E-state index contributed by atoms with van der Waals surface area (Å²) in [5, 5.41) is 11.1. The third kappa shape index (κ3) is 5.59. The molecular weight excluding hydrogens is 294 g/mol. The molecule has 5 nitrogen and oxygen atoms in total. The molecule has 2 heterocycles. The summed E-state index contributed by atoms with van der Waals surface area (Å²) in [5.74, 6) is 0.912. The van der Waals surface area contributed by atoms with Gasteiger partial charge in [0.15, 0.2) is 5.96 Å². The minimum Gasteiger partial charge on any atom is -0.357 e. The molecule has 0 bridgehead atoms. The van der Waals surface area contributed by atoms with Crippen molar-refractivity contribution in [2.24, 2.45) is 4.99 Å². The zero-order valence-corrected chi connectivity index (χ0v) is 14.8. The van der Waals surface area contributed by atoms with Crippen molar-refractivity contribution in [3.8, 4) is 0 Å². The molecule has 0 saturated carbocycles. The fourth-order valence-electron chi connectivity index (χ4n) is 2.53. The Hall–Kier alpha value is -1.11. The van der Waals surface area contributed by atoms with E-state index in [9.17, 15) is 0 Å². The number of aliphatic imine (C=N–C) groups is 1. The molecule has 0 amide bonds. The van der Waals surface area contributed by atoms with Gasteiger partial charge in [-0.05, 0) is 43.3 Å². The van der Waals surface area contributed by atoms with Crippen LogP contribution >= 0.6 is 11.3 Å². The van der Waals surface area contributed by atoms with Crippen LogP contribution in [-0.4, -0.2) is 68.1 Å². The largest absolute Gasteiger partial charge is 0.357 e. The van der Waals surface area contributed by atoms with Crippen LogP contribution in [0.3, 0.4) is 0 Å². The Balaban J connectivity index is 1.79. The van der Waals surface area contributed by atoms with Crippen LogP contribution in [0.15, 0.2) is 21.8 Å². The standard InChI is InChI=1S/C16H29N5S/c1-4-17-16(19-12-15-5-10-22-13-15)18-11-14(2)21-8-6-20(3)7-9-21/h5,10,13-14H,4,6-9,11-12H2,1-3H3,(H2,17,18,19). The van der Waals surface area contributed by atoms with E-state index in [1.165, 1.54) is 5.56 Å². The van der Waals surface area contributed by atoms with Gasteiger partial charge in [-0.2, -0.15) is 11.3 Å². The van der Waals surface area contributed by atoms with Gasteiger partial charge in [-0.1, -0.05) is 0 Å². The van der Waals surface area contributed by atoms with Gasteiger partial charge >= 0.3 is 0 Å². The lowest BCUT2D eigenvalue weighted by atomic mass is 10.2. The van der Waals surface area contributed by atoms with Crippen LogP contribution in [0.1, 0.15) is 19.4 Å². The molecule has 1 aromatic rings. The summed E-state index contributed by atoms with van der Waals surface area (Å²) in [4.78, 5) is 9.60. The molecule has 1 atom stereocenters. The first-order valence-electron chi connectivity index (χ1n) is 8.15. The summed E-state index contributed by atoms with van der Waals surface area (Å²) in [6.45, 7) is 11.6. The molecule has 1 aromatic heterocycles. The van der Waals surface area contributed by atoms with Gasteiger partial charge in [0.1, 0.15) is 0 Å². The number of nitrogens with one attached hydrogen (secondary N) is 2. The topological polar surface area (TPSA) is 42.9 Å². The molecule has 1 saturated heterocycles. The quantitative estimate of drug-likeness (QED) is 0.614. The number of thiophene rings is 1. The van der Waals surface area contributed by atoms with Gasteiger partial charge in [0.2, 0.25) is 0 Å². The number of rotatable bonds is 6. The van der Waals surface area contributed by atoms with Gasteiger partial charge in [-0.25, -0.2) is 4.99 Å². The Kier molecular flexibility index (Phi) is 7.15. The summed E-state index contributed by atoms with van der Waals surface area (Å²) < 4.78 is 0. The number of hydrogen-bond acceptors (Lipinski definition) is 4. The van der Waals surface area contributed by atoms with Gasteiger partial charge in [-0.3, -0.25) is 4.90 Å². The number of hydrogen-bond donors (Lipinski definition) is 2. The summed E-state index contributed by atoms with van der Waals surface area (Å²) in [6.07, 6.45) is 0. The molecule has 0 aliphatic carbocycles. The van der Waals surface area contributed by atoms with E-state index >= 15 is 0 Å². The Morgan fingerprint density at radius 3 is 2.73 bits per heavy atom. The monoisotopic (exact) mass is 323 g/mol. The van der Waals surface area contributed by atoms with Crippen molar-refractivity contribution in [2.75, 3.05) is 46.3 Å². The van der Waals surface area contributed by atoms with E-state index in [4.69, 9.17) is 0 Å². The van der Waals surface area contributed by atoms with E-state index in [2.05, 4.69) is 63.1 Å². The first-order valence-corrected chi connectivity index (χ1v) is 9.09. The number of likely N-dealkylation sites (N-methyl/N-ethyl adjacent to an activating group) is 1. The predicted octanol–water partition coefficient (Wildman–Crippen LogP) is 1.44. The highest BCUT2D eigenvalue weighted by Gasteiger charge is 2.18. The van der Waals surface area contributed by atoms with Crippen LogP contribution in [0.5, 0.6) is 0 Å². The van der Waals surface area contributed by atoms with Crippen LogP contribution in [0.4, 0.5) is 0 Å². The zero-order chi connectivity index (χ0) is 15.8. The van der Waals surface area contributed by atoms with Crippen LogP contribution in [0, 0.1) is 0 Å². The lowest BCUT2D eigenvalue weighted by molar-refractivity contribution is 0.120. The second kappa shape index (κ2) is 9.12. The van der Waals surface area contributed by atoms with Crippen molar-refractivity contribution < 1.29 is 0 Å². The maximum Gasteiger partial charge on any atom is 0.191 e. The Morgan fingerprint density at radius 2 is 2.09 bits per heavy atom. The first kappa shape index (κ1) is 17.2. The summed E-state index contributed by atoms with van der Waals surface area (Å²) in [6, 6.07) is 2.66. The van der Waals surface area contributed by atoms with Crippen molar-refractivity contribution in [1.82, 2.24) is 20.4 Å². The molecule has 1 unspecified atom stereocenters. The molecule has 1 aliphatic heterocycles. The fourth-order valence-corrected chi connectivity index (χ4v) is 3.19. The van der Waals surface area contributed by atoms with Crippen LogP contribution < -0.4 is 10.6 Å². The van der Waals surface area contributed by atoms with Gasteiger partial charge in [0.05, 0.1) is 6.54 Å². The SMILES string of the molecule is CCNC(=NCc1ccsc1)NCC(C)N1CCN(C)CC1. The minimum absolute atomic E-state index is 0.527. The van der Waals surface area contributed by atoms with E-state index in [0.717, 1.165) is 51.8 Å². The second-order valence-electron chi connectivity index (χ2n) is 5.90. The highest BCUT2D eigenvalue weighted by molar-refractivity contribution is 7.07. The highest BCUT2D eigenvalue weighted by atomic mass is 32.1. The number of nitrogens with zero attached hydrogens (tertiary/aromatic N) is 3. The van der Waals surface area contributed by atoms with E-state index in [-0.39, 0.29) is 0 Å². The van der Waals surface area contributed by atoms with Crippen LogP contribution in [0.25, 0.3) is 0 Å². The second-order valence-corrected chi connectivity index (χ2v) is 6.68. The van der Waals surface area contributed by atoms with Crippen molar-refractivity contribution in [3.05, 3.63) is 22.4 Å². The average molecular weight is 324 g/mol. The van der Waals surface area contributed by atoms with Crippen LogP contribution in [0.2, 0.25) is 0 Å².